The molecule has 0 bridgehead atoms. The van der Waals surface area contributed by atoms with E-state index in [1.807, 2.05) is 18.2 Å². The van der Waals surface area contributed by atoms with Crippen molar-refractivity contribution in [1.29, 1.82) is 5.26 Å². The molecule has 0 amide bonds. The predicted octanol–water partition coefficient (Wildman–Crippen LogP) is 2.01. The summed E-state index contributed by atoms with van der Waals surface area (Å²) in [5.74, 6) is 0. The van der Waals surface area contributed by atoms with Crippen molar-refractivity contribution >= 4 is 0 Å². The van der Waals surface area contributed by atoms with Gasteiger partial charge in [-0.3, -0.25) is 9.97 Å². The van der Waals surface area contributed by atoms with Crippen LogP contribution in [-0.4, -0.2) is 9.97 Å². The van der Waals surface area contributed by atoms with E-state index in [4.69, 9.17) is 5.26 Å². The summed E-state index contributed by atoms with van der Waals surface area (Å²) in [7, 11) is 0. The number of pyridine rings is 2. The van der Waals surface area contributed by atoms with Crippen LogP contribution in [0.2, 0.25) is 0 Å². The molecule has 0 atom stereocenters. The van der Waals surface area contributed by atoms with Gasteiger partial charge in [0.05, 0.1) is 11.3 Å². The van der Waals surface area contributed by atoms with E-state index in [0.29, 0.717) is 11.3 Å². The fourth-order valence-electron chi connectivity index (χ4n) is 1.20. The molecule has 15 heavy (non-hydrogen) atoms. The number of hydrogen-bond donors (Lipinski definition) is 0. The van der Waals surface area contributed by atoms with Crippen LogP contribution in [0, 0.1) is 11.3 Å². The van der Waals surface area contributed by atoms with Crippen LogP contribution in [0.25, 0.3) is 11.4 Å². The van der Waals surface area contributed by atoms with Crippen molar-refractivity contribution in [1.82, 2.24) is 9.97 Å². The molecule has 0 fully saturated rings. The Hall–Kier alpha value is -1.59. The van der Waals surface area contributed by atoms with Crippen LogP contribution in [0.15, 0.2) is 42.7 Å². The van der Waals surface area contributed by atoms with Gasteiger partial charge in [0.1, 0.15) is 11.8 Å². The van der Waals surface area contributed by atoms with Gasteiger partial charge in [0, 0.05) is 31.9 Å². The van der Waals surface area contributed by atoms with E-state index >= 15 is 0 Å². The van der Waals surface area contributed by atoms with Crippen molar-refractivity contribution in [2.75, 3.05) is 0 Å². The van der Waals surface area contributed by atoms with E-state index in [0.717, 1.165) is 5.69 Å². The van der Waals surface area contributed by atoms with Crippen molar-refractivity contribution in [3.8, 4) is 17.5 Å². The molecule has 0 aromatic carbocycles. The van der Waals surface area contributed by atoms with E-state index < -0.39 is 0 Å². The minimum Gasteiger partial charge on any atom is -0.255 e. The largest absolute Gasteiger partial charge is 0.255 e. The fraction of sp³-hybridized carbons (Fsp3) is 0. The van der Waals surface area contributed by atoms with Crippen LogP contribution in [0.3, 0.4) is 0 Å². The van der Waals surface area contributed by atoms with Gasteiger partial charge in [-0.15, -0.1) is 0 Å². The molecule has 2 aromatic rings. The molecule has 0 saturated heterocycles. The van der Waals surface area contributed by atoms with Crippen LogP contribution >= 0.6 is 0 Å². The number of nitrogens with zero attached hydrogens (tertiary/aromatic N) is 3. The summed E-state index contributed by atoms with van der Waals surface area (Å²) >= 11 is 0. The maximum atomic E-state index is 8.86. The summed E-state index contributed by atoms with van der Waals surface area (Å²) < 4.78 is 0. The van der Waals surface area contributed by atoms with Gasteiger partial charge in [0.25, 0.3) is 0 Å². The van der Waals surface area contributed by atoms with Crippen molar-refractivity contribution in [2.45, 2.75) is 0 Å². The second kappa shape index (κ2) is 5.33. The summed E-state index contributed by atoms with van der Waals surface area (Å²) in [6.45, 7) is 0. The Bertz CT molecular complexity index is 477. The Morgan fingerprint density at radius 3 is 2.47 bits per heavy atom. The zero-order valence-corrected chi connectivity index (χ0v) is 9.47. The summed E-state index contributed by atoms with van der Waals surface area (Å²) in [4.78, 5) is 8.28. The Morgan fingerprint density at radius 2 is 1.80 bits per heavy atom. The standard InChI is InChI=1S/C11H7N3.Ru/c12-8-9-4-3-7-14-11(9)10-5-1-2-6-13-10;/h1-7H;. The van der Waals surface area contributed by atoms with Gasteiger partial charge in [-0.1, -0.05) is 6.07 Å². The third-order valence-electron chi connectivity index (χ3n) is 1.84. The topological polar surface area (TPSA) is 49.6 Å². The first-order valence-electron chi connectivity index (χ1n) is 4.18. The van der Waals surface area contributed by atoms with Crippen LogP contribution in [0.4, 0.5) is 0 Å². The quantitative estimate of drug-likeness (QED) is 0.752. The average molecular weight is 282 g/mol. The first-order valence-corrected chi connectivity index (χ1v) is 4.18. The molecule has 2 aromatic heterocycles. The summed E-state index contributed by atoms with van der Waals surface area (Å²) in [6, 6.07) is 11.1. The molecular formula is C11H7N3Ru. The fourth-order valence-corrected chi connectivity index (χ4v) is 1.20. The van der Waals surface area contributed by atoms with Crippen LogP contribution in [-0.2, 0) is 19.5 Å². The van der Waals surface area contributed by atoms with Crippen LogP contribution < -0.4 is 0 Å². The minimum atomic E-state index is 0. The molecule has 74 valence electrons. The Kier molecular flexibility index (Phi) is 4.08. The molecule has 4 heteroatoms. The van der Waals surface area contributed by atoms with Crippen molar-refractivity contribution in [3.63, 3.8) is 0 Å². The van der Waals surface area contributed by atoms with E-state index in [1.54, 1.807) is 24.5 Å². The molecule has 0 aliphatic heterocycles. The molecule has 0 radical (unpaired) electrons. The number of nitriles is 1. The summed E-state index contributed by atoms with van der Waals surface area (Å²) in [5.41, 5.74) is 1.91. The molecular weight excluding hydrogens is 275 g/mol. The van der Waals surface area contributed by atoms with Gasteiger partial charge in [-0.2, -0.15) is 5.26 Å². The van der Waals surface area contributed by atoms with Crippen molar-refractivity contribution < 1.29 is 19.5 Å². The second-order valence-electron chi connectivity index (χ2n) is 2.73. The first kappa shape index (κ1) is 11.5. The minimum absolute atomic E-state index is 0. The van der Waals surface area contributed by atoms with Gasteiger partial charge in [0.2, 0.25) is 0 Å². The Labute approximate surface area is 101 Å². The molecule has 0 unspecified atom stereocenters. The summed E-state index contributed by atoms with van der Waals surface area (Å²) in [5, 5.41) is 8.86. The second-order valence-corrected chi connectivity index (χ2v) is 2.73. The molecule has 0 saturated carbocycles. The van der Waals surface area contributed by atoms with E-state index in [-0.39, 0.29) is 19.5 Å². The monoisotopic (exact) mass is 283 g/mol. The molecule has 0 N–H and O–H groups in total. The van der Waals surface area contributed by atoms with Gasteiger partial charge in [0.15, 0.2) is 0 Å². The summed E-state index contributed by atoms with van der Waals surface area (Å²) in [6.07, 6.45) is 3.34. The van der Waals surface area contributed by atoms with E-state index in [2.05, 4.69) is 16.0 Å². The van der Waals surface area contributed by atoms with Gasteiger partial charge >= 0.3 is 0 Å². The van der Waals surface area contributed by atoms with Gasteiger partial charge in [-0.05, 0) is 24.3 Å². The number of rotatable bonds is 1. The molecule has 0 aliphatic rings. The van der Waals surface area contributed by atoms with Crippen molar-refractivity contribution in [3.05, 3.63) is 48.3 Å². The van der Waals surface area contributed by atoms with Gasteiger partial charge in [-0.25, -0.2) is 0 Å². The number of hydrogen-bond acceptors (Lipinski definition) is 3. The van der Waals surface area contributed by atoms with Crippen molar-refractivity contribution in [2.24, 2.45) is 0 Å². The maximum absolute atomic E-state index is 8.86. The molecule has 2 heterocycles. The first-order chi connectivity index (χ1) is 6.92. The SMILES string of the molecule is N#Cc1cccnc1-c1ccccn1.[Ru]. The zero-order valence-electron chi connectivity index (χ0n) is 7.74. The predicted molar refractivity (Wildman–Crippen MR) is 52.2 cm³/mol. The third kappa shape index (κ3) is 2.46. The van der Waals surface area contributed by atoms with E-state index in [9.17, 15) is 0 Å². The Balaban J connectivity index is 0.00000112. The van der Waals surface area contributed by atoms with Gasteiger partial charge < -0.3 is 0 Å². The van der Waals surface area contributed by atoms with Crippen LogP contribution in [0.1, 0.15) is 5.56 Å². The zero-order chi connectivity index (χ0) is 9.80. The maximum Gasteiger partial charge on any atom is 0.106 e. The molecule has 2 rings (SSSR count). The number of aromatic nitrogens is 2. The third-order valence-corrected chi connectivity index (χ3v) is 1.84. The van der Waals surface area contributed by atoms with Crippen LogP contribution in [0.5, 0.6) is 0 Å². The molecule has 0 aliphatic carbocycles. The molecule has 3 nitrogen and oxygen atoms in total. The Morgan fingerprint density at radius 1 is 1.00 bits per heavy atom. The smallest absolute Gasteiger partial charge is 0.106 e. The normalized spacial score (nSPS) is 8.73. The van der Waals surface area contributed by atoms with E-state index in [1.165, 1.54) is 0 Å². The average Bonchev–Trinajstić information content (AvgIpc) is 2.30. The molecule has 0 spiro atoms.